The molecule has 2 aromatic heterocycles. The summed E-state index contributed by atoms with van der Waals surface area (Å²) in [7, 11) is 0. The van der Waals surface area contributed by atoms with Gasteiger partial charge in [-0.05, 0) is 37.7 Å². The van der Waals surface area contributed by atoms with Crippen LogP contribution in [0.4, 0.5) is 5.82 Å². The fourth-order valence-corrected chi connectivity index (χ4v) is 4.14. The van der Waals surface area contributed by atoms with E-state index in [0.717, 1.165) is 60.6 Å². The molecule has 1 spiro atoms. The van der Waals surface area contributed by atoms with Gasteiger partial charge in [0.25, 0.3) is 0 Å². The third-order valence-corrected chi connectivity index (χ3v) is 5.25. The highest BCUT2D eigenvalue weighted by atomic mass is 16.5. The van der Waals surface area contributed by atoms with Crippen LogP contribution in [0.2, 0.25) is 0 Å². The summed E-state index contributed by atoms with van der Waals surface area (Å²) in [5.74, 6) is 3.54. The van der Waals surface area contributed by atoms with Crippen molar-refractivity contribution in [3.63, 3.8) is 0 Å². The smallest absolute Gasteiger partial charge is 0.143 e. The maximum absolute atomic E-state index is 6.15. The second-order valence-corrected chi connectivity index (χ2v) is 6.48. The van der Waals surface area contributed by atoms with Crippen molar-refractivity contribution in [3.8, 4) is 0 Å². The molecule has 5 rings (SSSR count). The Morgan fingerprint density at radius 2 is 2.40 bits per heavy atom. The zero-order valence-electron chi connectivity index (χ0n) is 11.6. The van der Waals surface area contributed by atoms with Crippen molar-refractivity contribution in [2.24, 2.45) is 11.8 Å². The molecular formula is C15H18N4O. The van der Waals surface area contributed by atoms with Gasteiger partial charge in [-0.15, -0.1) is 0 Å². The van der Waals surface area contributed by atoms with Gasteiger partial charge in [0.15, 0.2) is 0 Å². The van der Waals surface area contributed by atoms with Crippen LogP contribution < -0.4 is 4.90 Å². The Hall–Kier alpha value is -1.62. The molecule has 4 heterocycles. The molecule has 1 N–H and O–H groups in total. The van der Waals surface area contributed by atoms with E-state index in [9.17, 15) is 0 Å². The summed E-state index contributed by atoms with van der Waals surface area (Å²) in [6.07, 6.45) is 4.45. The zero-order valence-corrected chi connectivity index (χ0v) is 11.6. The highest BCUT2D eigenvalue weighted by Crippen LogP contribution is 2.57. The molecule has 0 aromatic carbocycles. The summed E-state index contributed by atoms with van der Waals surface area (Å²) in [5.41, 5.74) is 1.05. The van der Waals surface area contributed by atoms with E-state index in [-0.39, 0.29) is 5.60 Å². The minimum absolute atomic E-state index is 0.117. The molecule has 1 saturated carbocycles. The van der Waals surface area contributed by atoms with Crippen LogP contribution >= 0.6 is 0 Å². The number of nitrogens with one attached hydrogen (secondary N) is 1. The molecule has 2 saturated heterocycles. The van der Waals surface area contributed by atoms with Crippen LogP contribution in [0.5, 0.6) is 0 Å². The standard InChI is InChI=1S/C15H18N4O/c1-9-17-13-11(2-4-16-13)14(18-9)19-5-3-15(8-19)12-6-10(12)7-20-15/h2,4,10,12H,3,5-8H2,1H3,(H,16,17,18). The molecular weight excluding hydrogens is 252 g/mol. The molecule has 5 nitrogen and oxygen atoms in total. The highest BCUT2D eigenvalue weighted by molar-refractivity contribution is 5.87. The Morgan fingerprint density at radius 3 is 3.20 bits per heavy atom. The minimum Gasteiger partial charge on any atom is -0.372 e. The second kappa shape index (κ2) is 3.52. The average molecular weight is 270 g/mol. The highest BCUT2D eigenvalue weighted by Gasteiger charge is 2.61. The fraction of sp³-hybridized carbons (Fsp3) is 0.600. The lowest BCUT2D eigenvalue weighted by Gasteiger charge is -2.26. The average Bonchev–Trinajstić information content (AvgIpc) is 2.82. The molecule has 3 aliphatic rings. The Kier molecular flexibility index (Phi) is 1.95. The lowest BCUT2D eigenvalue weighted by molar-refractivity contribution is -0.00652. The second-order valence-electron chi connectivity index (χ2n) is 6.48. The predicted octanol–water partition coefficient (Wildman–Crippen LogP) is 1.88. The number of aromatic nitrogens is 3. The molecule has 3 unspecified atom stereocenters. The SMILES string of the molecule is Cc1nc(N2CCC3(C2)OCC2CC23)c2cc[nH]c2n1. The maximum atomic E-state index is 6.15. The summed E-state index contributed by atoms with van der Waals surface area (Å²) < 4.78 is 6.15. The van der Waals surface area contributed by atoms with E-state index >= 15 is 0 Å². The molecule has 2 aliphatic heterocycles. The molecule has 0 bridgehead atoms. The molecule has 2 aromatic rings. The van der Waals surface area contributed by atoms with Crippen molar-refractivity contribution in [2.75, 3.05) is 24.6 Å². The largest absolute Gasteiger partial charge is 0.372 e. The lowest BCUT2D eigenvalue weighted by atomic mass is 9.97. The van der Waals surface area contributed by atoms with Gasteiger partial charge in [0, 0.05) is 19.3 Å². The summed E-state index contributed by atoms with van der Waals surface area (Å²) in [5, 5.41) is 1.12. The monoisotopic (exact) mass is 270 g/mol. The van der Waals surface area contributed by atoms with Gasteiger partial charge in [0.1, 0.15) is 17.3 Å². The van der Waals surface area contributed by atoms with E-state index in [1.165, 1.54) is 6.42 Å². The van der Waals surface area contributed by atoms with Crippen LogP contribution in [0, 0.1) is 18.8 Å². The number of hydrogen-bond acceptors (Lipinski definition) is 4. The van der Waals surface area contributed by atoms with Crippen LogP contribution in [-0.2, 0) is 4.74 Å². The first-order chi connectivity index (χ1) is 9.75. The Morgan fingerprint density at radius 1 is 1.45 bits per heavy atom. The molecule has 1 aliphatic carbocycles. The molecule has 3 fully saturated rings. The Bertz CT molecular complexity index is 696. The molecule has 5 heteroatoms. The number of aryl methyl sites for hydroxylation is 1. The molecule has 3 atom stereocenters. The molecule has 0 radical (unpaired) electrons. The van der Waals surface area contributed by atoms with Gasteiger partial charge in [-0.3, -0.25) is 0 Å². The van der Waals surface area contributed by atoms with E-state index in [2.05, 4.69) is 25.9 Å². The van der Waals surface area contributed by atoms with Gasteiger partial charge >= 0.3 is 0 Å². The quantitative estimate of drug-likeness (QED) is 0.859. The summed E-state index contributed by atoms with van der Waals surface area (Å²) in [6.45, 7) is 4.96. The predicted molar refractivity (Wildman–Crippen MR) is 75.7 cm³/mol. The number of ether oxygens (including phenoxy) is 1. The van der Waals surface area contributed by atoms with Crippen molar-refractivity contribution in [1.82, 2.24) is 15.0 Å². The normalized spacial score (nSPS) is 35.1. The van der Waals surface area contributed by atoms with Gasteiger partial charge < -0.3 is 14.6 Å². The number of hydrogen-bond donors (Lipinski definition) is 1. The number of nitrogens with zero attached hydrogens (tertiary/aromatic N) is 3. The van der Waals surface area contributed by atoms with E-state index in [4.69, 9.17) is 4.74 Å². The van der Waals surface area contributed by atoms with E-state index < -0.39 is 0 Å². The third-order valence-electron chi connectivity index (χ3n) is 5.25. The van der Waals surface area contributed by atoms with E-state index in [1.54, 1.807) is 0 Å². The Balaban J connectivity index is 1.55. The van der Waals surface area contributed by atoms with Crippen molar-refractivity contribution in [3.05, 3.63) is 18.1 Å². The number of fused-ring (bicyclic) bond motifs is 3. The van der Waals surface area contributed by atoms with Crippen molar-refractivity contribution in [2.45, 2.75) is 25.4 Å². The number of aromatic amines is 1. The summed E-state index contributed by atoms with van der Waals surface area (Å²) >= 11 is 0. The number of H-pyrrole nitrogens is 1. The first-order valence-corrected chi connectivity index (χ1v) is 7.46. The first-order valence-electron chi connectivity index (χ1n) is 7.46. The van der Waals surface area contributed by atoms with Gasteiger partial charge in [-0.2, -0.15) is 0 Å². The number of anilines is 1. The van der Waals surface area contributed by atoms with Crippen molar-refractivity contribution in [1.29, 1.82) is 0 Å². The third kappa shape index (κ3) is 1.36. The van der Waals surface area contributed by atoms with Gasteiger partial charge in [-0.25, -0.2) is 9.97 Å². The van der Waals surface area contributed by atoms with Crippen molar-refractivity contribution >= 4 is 16.9 Å². The fourth-order valence-electron chi connectivity index (χ4n) is 4.14. The lowest BCUT2D eigenvalue weighted by Crippen LogP contribution is -2.36. The minimum atomic E-state index is 0.117. The molecule has 0 amide bonds. The van der Waals surface area contributed by atoms with E-state index in [0.29, 0.717) is 0 Å². The van der Waals surface area contributed by atoms with Crippen LogP contribution in [-0.4, -0.2) is 40.2 Å². The Labute approximate surface area is 117 Å². The van der Waals surface area contributed by atoms with Crippen LogP contribution in [0.15, 0.2) is 12.3 Å². The molecule has 104 valence electrons. The van der Waals surface area contributed by atoms with E-state index in [1.807, 2.05) is 13.1 Å². The van der Waals surface area contributed by atoms with Gasteiger partial charge in [-0.1, -0.05) is 0 Å². The van der Waals surface area contributed by atoms with Crippen LogP contribution in [0.25, 0.3) is 11.0 Å². The number of rotatable bonds is 1. The maximum Gasteiger partial charge on any atom is 0.143 e. The van der Waals surface area contributed by atoms with Crippen LogP contribution in [0.1, 0.15) is 18.7 Å². The zero-order chi connectivity index (χ0) is 13.3. The van der Waals surface area contributed by atoms with Gasteiger partial charge in [0.05, 0.1) is 17.6 Å². The topological polar surface area (TPSA) is 54.0 Å². The first kappa shape index (κ1) is 11.1. The summed E-state index contributed by atoms with van der Waals surface area (Å²) in [4.78, 5) is 14.7. The van der Waals surface area contributed by atoms with Gasteiger partial charge in [0.2, 0.25) is 0 Å². The van der Waals surface area contributed by atoms with Crippen molar-refractivity contribution < 1.29 is 4.74 Å². The molecule has 20 heavy (non-hydrogen) atoms. The summed E-state index contributed by atoms with van der Waals surface area (Å²) in [6, 6.07) is 2.07. The van der Waals surface area contributed by atoms with Crippen LogP contribution in [0.3, 0.4) is 0 Å².